The summed E-state index contributed by atoms with van der Waals surface area (Å²) in [5, 5.41) is 18.0. The van der Waals surface area contributed by atoms with E-state index in [0.29, 0.717) is 11.3 Å². The first-order valence-electron chi connectivity index (χ1n) is 8.88. The summed E-state index contributed by atoms with van der Waals surface area (Å²) < 4.78 is 1.82. The first-order chi connectivity index (χ1) is 11.9. The first kappa shape index (κ1) is 17.9. The minimum atomic E-state index is -0.810. The Morgan fingerprint density at radius 2 is 2.04 bits per heavy atom. The lowest BCUT2D eigenvalue weighted by molar-refractivity contribution is -0.142. The Hall–Kier alpha value is -1.89. The quantitative estimate of drug-likeness (QED) is 0.814. The summed E-state index contributed by atoms with van der Waals surface area (Å²) >= 11 is 1.41. The fourth-order valence-corrected chi connectivity index (χ4v) is 4.60. The number of aryl methyl sites for hydroxylation is 1. The van der Waals surface area contributed by atoms with E-state index in [1.807, 2.05) is 17.8 Å². The third-order valence-electron chi connectivity index (χ3n) is 4.96. The molecule has 2 aromatic heterocycles. The van der Waals surface area contributed by atoms with E-state index >= 15 is 0 Å². The van der Waals surface area contributed by atoms with Crippen molar-refractivity contribution < 1.29 is 14.7 Å². The van der Waals surface area contributed by atoms with Crippen molar-refractivity contribution in [2.24, 2.45) is 13.0 Å². The molecule has 1 saturated carbocycles. The van der Waals surface area contributed by atoms with E-state index < -0.39 is 11.9 Å². The molecule has 3 rings (SSSR count). The third kappa shape index (κ3) is 3.56. The number of aromatic nitrogens is 2. The van der Waals surface area contributed by atoms with E-state index in [2.05, 4.69) is 24.3 Å². The predicted molar refractivity (Wildman–Crippen MR) is 98.1 cm³/mol. The van der Waals surface area contributed by atoms with Crippen LogP contribution in [0.4, 0.5) is 0 Å². The van der Waals surface area contributed by atoms with Gasteiger partial charge in [-0.15, -0.1) is 11.3 Å². The summed E-state index contributed by atoms with van der Waals surface area (Å²) in [5.74, 6) is -1.19. The van der Waals surface area contributed by atoms with Crippen molar-refractivity contribution in [3.05, 3.63) is 16.6 Å². The standard InChI is InChI=1S/C18H25N3O3S/c1-10(2)15-12-9-14(25-17(12)21(3)20-15)16(22)19-13-8-6-4-5-7-11(13)18(23)24/h9-11,13H,4-8H2,1-3H3,(H,19,22)(H,23,24)/t11-,13+/m1/s1. The lowest BCUT2D eigenvalue weighted by atomic mass is 9.95. The van der Waals surface area contributed by atoms with Crippen LogP contribution in [0.15, 0.2) is 6.07 Å². The molecule has 0 saturated heterocycles. The first-order valence-corrected chi connectivity index (χ1v) is 9.70. The van der Waals surface area contributed by atoms with Gasteiger partial charge in [0.05, 0.1) is 16.5 Å². The number of aliphatic carboxylic acids is 1. The topological polar surface area (TPSA) is 84.2 Å². The predicted octanol–water partition coefficient (Wildman–Crippen LogP) is 3.52. The number of nitrogens with one attached hydrogen (secondary N) is 1. The zero-order valence-corrected chi connectivity index (χ0v) is 15.7. The summed E-state index contributed by atoms with van der Waals surface area (Å²) in [4.78, 5) is 25.9. The molecule has 6 nitrogen and oxygen atoms in total. The molecule has 7 heteroatoms. The van der Waals surface area contributed by atoms with Crippen LogP contribution < -0.4 is 5.32 Å². The number of rotatable bonds is 4. The Labute approximate surface area is 151 Å². The molecule has 1 aliphatic carbocycles. The molecule has 0 aliphatic heterocycles. The zero-order chi connectivity index (χ0) is 18.1. The summed E-state index contributed by atoms with van der Waals surface area (Å²) in [5.41, 5.74) is 0.991. The van der Waals surface area contributed by atoms with E-state index in [0.717, 1.165) is 41.6 Å². The molecule has 0 unspecified atom stereocenters. The fourth-order valence-electron chi connectivity index (χ4n) is 3.62. The maximum atomic E-state index is 12.7. The van der Waals surface area contributed by atoms with Crippen LogP contribution in [0.25, 0.3) is 10.2 Å². The van der Waals surface area contributed by atoms with Gasteiger partial charge in [-0.05, 0) is 24.8 Å². The number of hydrogen-bond acceptors (Lipinski definition) is 4. The van der Waals surface area contributed by atoms with Gasteiger partial charge in [0.2, 0.25) is 0 Å². The third-order valence-corrected chi connectivity index (χ3v) is 6.16. The highest BCUT2D eigenvalue weighted by Crippen LogP contribution is 2.32. The van der Waals surface area contributed by atoms with Crippen LogP contribution in [-0.2, 0) is 11.8 Å². The molecule has 25 heavy (non-hydrogen) atoms. The van der Waals surface area contributed by atoms with Crippen molar-refractivity contribution in [2.75, 3.05) is 0 Å². The van der Waals surface area contributed by atoms with Crippen LogP contribution >= 0.6 is 11.3 Å². The normalized spacial score (nSPS) is 21.4. The second kappa shape index (κ2) is 7.15. The summed E-state index contributed by atoms with van der Waals surface area (Å²) in [7, 11) is 1.89. The zero-order valence-electron chi connectivity index (χ0n) is 14.9. The monoisotopic (exact) mass is 363 g/mol. The summed E-state index contributed by atoms with van der Waals surface area (Å²) in [6.45, 7) is 4.17. The number of hydrogen-bond donors (Lipinski definition) is 2. The van der Waals surface area contributed by atoms with E-state index in [9.17, 15) is 14.7 Å². The molecule has 2 N–H and O–H groups in total. The lowest BCUT2D eigenvalue weighted by Crippen LogP contribution is -2.42. The maximum Gasteiger partial charge on any atom is 0.308 e. The number of carbonyl (C=O) groups excluding carboxylic acids is 1. The number of amides is 1. The Kier molecular flexibility index (Phi) is 5.13. The summed E-state index contributed by atoms with van der Waals surface area (Å²) in [6, 6.07) is 1.60. The molecule has 0 bridgehead atoms. The van der Waals surface area contributed by atoms with E-state index in [1.54, 1.807) is 0 Å². The number of thiophene rings is 1. The average molecular weight is 363 g/mol. The van der Waals surface area contributed by atoms with E-state index in [4.69, 9.17) is 0 Å². The largest absolute Gasteiger partial charge is 0.481 e. The average Bonchev–Trinajstić information content (AvgIpc) is 3.01. The molecular weight excluding hydrogens is 338 g/mol. The van der Waals surface area contributed by atoms with Crippen molar-refractivity contribution in [3.63, 3.8) is 0 Å². The molecule has 2 atom stereocenters. The summed E-state index contributed by atoms with van der Waals surface area (Å²) in [6.07, 6.45) is 4.27. The molecule has 0 radical (unpaired) electrons. The number of carboxylic acid groups (broad SMARTS) is 1. The molecule has 0 spiro atoms. The smallest absolute Gasteiger partial charge is 0.308 e. The second-order valence-corrected chi connectivity index (χ2v) is 8.19. The molecule has 2 heterocycles. The fraction of sp³-hybridized carbons (Fsp3) is 0.611. The number of carboxylic acids is 1. The molecule has 2 aromatic rings. The van der Waals surface area contributed by atoms with Gasteiger partial charge in [-0.2, -0.15) is 5.10 Å². The van der Waals surface area contributed by atoms with Gasteiger partial charge in [0.1, 0.15) is 4.83 Å². The molecule has 136 valence electrons. The van der Waals surface area contributed by atoms with Crippen LogP contribution in [-0.4, -0.2) is 32.8 Å². The van der Waals surface area contributed by atoms with Gasteiger partial charge in [-0.25, -0.2) is 0 Å². The molecular formula is C18H25N3O3S. The number of carbonyl (C=O) groups is 2. The van der Waals surface area contributed by atoms with Gasteiger partial charge < -0.3 is 10.4 Å². The van der Waals surface area contributed by atoms with Crippen molar-refractivity contribution in [1.82, 2.24) is 15.1 Å². The minimum absolute atomic E-state index is 0.172. The van der Waals surface area contributed by atoms with Crippen molar-refractivity contribution in [2.45, 2.75) is 57.9 Å². The molecule has 1 aliphatic rings. The molecule has 1 fully saturated rings. The van der Waals surface area contributed by atoms with Crippen LogP contribution in [0.3, 0.4) is 0 Å². The SMILES string of the molecule is CC(C)c1nn(C)c2sc(C(=O)N[C@H]3CCCCC[C@H]3C(=O)O)cc12. The second-order valence-electron chi connectivity index (χ2n) is 7.16. The van der Waals surface area contributed by atoms with Gasteiger partial charge in [0.25, 0.3) is 5.91 Å². The highest BCUT2D eigenvalue weighted by atomic mass is 32.1. The van der Waals surface area contributed by atoms with Gasteiger partial charge in [-0.1, -0.05) is 33.1 Å². The van der Waals surface area contributed by atoms with Crippen molar-refractivity contribution in [3.8, 4) is 0 Å². The highest BCUT2D eigenvalue weighted by molar-refractivity contribution is 7.20. The van der Waals surface area contributed by atoms with E-state index in [-0.39, 0.29) is 17.9 Å². The maximum absolute atomic E-state index is 12.7. The van der Waals surface area contributed by atoms with Gasteiger partial charge in [0, 0.05) is 18.5 Å². The Bertz CT molecular complexity index is 793. The van der Waals surface area contributed by atoms with Gasteiger partial charge in [-0.3, -0.25) is 14.3 Å². The van der Waals surface area contributed by atoms with Gasteiger partial charge >= 0.3 is 5.97 Å². The van der Waals surface area contributed by atoms with Crippen LogP contribution in [0.5, 0.6) is 0 Å². The van der Waals surface area contributed by atoms with Crippen molar-refractivity contribution >= 4 is 33.4 Å². The van der Waals surface area contributed by atoms with Crippen LogP contribution in [0.2, 0.25) is 0 Å². The highest BCUT2D eigenvalue weighted by Gasteiger charge is 2.31. The van der Waals surface area contributed by atoms with Crippen LogP contribution in [0, 0.1) is 5.92 Å². The Morgan fingerprint density at radius 1 is 1.32 bits per heavy atom. The van der Waals surface area contributed by atoms with Crippen LogP contribution in [0.1, 0.15) is 67.2 Å². The Balaban J connectivity index is 1.84. The Morgan fingerprint density at radius 3 is 2.72 bits per heavy atom. The lowest BCUT2D eigenvalue weighted by Gasteiger charge is -2.22. The number of fused-ring (bicyclic) bond motifs is 1. The van der Waals surface area contributed by atoms with Crippen molar-refractivity contribution in [1.29, 1.82) is 0 Å². The molecule has 1 amide bonds. The minimum Gasteiger partial charge on any atom is -0.481 e. The number of nitrogens with zero attached hydrogens (tertiary/aromatic N) is 2. The van der Waals surface area contributed by atoms with E-state index in [1.165, 1.54) is 11.3 Å². The molecule has 0 aromatic carbocycles. The van der Waals surface area contributed by atoms with Gasteiger partial charge in [0.15, 0.2) is 0 Å².